The molecule has 1 heterocycles. The molecule has 0 bridgehead atoms. The summed E-state index contributed by atoms with van der Waals surface area (Å²) in [7, 11) is 0. The minimum atomic E-state index is 0.529. The third-order valence-corrected chi connectivity index (χ3v) is 5.92. The SMILES string of the molecule is CCSC1CCCC1NC1=NC(C(C)C)CS1. The monoisotopic (exact) mass is 272 g/mol. The summed E-state index contributed by atoms with van der Waals surface area (Å²) >= 11 is 4.03. The lowest BCUT2D eigenvalue weighted by atomic mass is 10.1. The molecule has 0 saturated heterocycles. The fourth-order valence-electron chi connectivity index (χ4n) is 2.47. The van der Waals surface area contributed by atoms with E-state index in [1.165, 1.54) is 30.2 Å². The highest BCUT2D eigenvalue weighted by Gasteiger charge is 2.30. The van der Waals surface area contributed by atoms with E-state index in [-0.39, 0.29) is 0 Å². The van der Waals surface area contributed by atoms with Crippen molar-refractivity contribution in [3.8, 4) is 0 Å². The molecule has 1 aliphatic carbocycles. The van der Waals surface area contributed by atoms with Crippen molar-refractivity contribution < 1.29 is 0 Å². The molecule has 0 radical (unpaired) electrons. The molecule has 1 aliphatic heterocycles. The van der Waals surface area contributed by atoms with Gasteiger partial charge in [0.05, 0.1) is 6.04 Å². The van der Waals surface area contributed by atoms with Crippen molar-refractivity contribution in [1.82, 2.24) is 5.32 Å². The third kappa shape index (κ3) is 3.57. The van der Waals surface area contributed by atoms with Gasteiger partial charge in [0.1, 0.15) is 0 Å². The molecule has 1 N–H and O–H groups in total. The van der Waals surface area contributed by atoms with Gasteiger partial charge in [0.15, 0.2) is 5.17 Å². The minimum Gasteiger partial charge on any atom is -0.361 e. The van der Waals surface area contributed by atoms with Gasteiger partial charge in [0, 0.05) is 17.0 Å². The van der Waals surface area contributed by atoms with Gasteiger partial charge in [0.25, 0.3) is 0 Å². The second-order valence-electron chi connectivity index (χ2n) is 5.23. The van der Waals surface area contributed by atoms with Crippen LogP contribution in [0.25, 0.3) is 0 Å². The van der Waals surface area contributed by atoms with Crippen LogP contribution in [0.3, 0.4) is 0 Å². The molecule has 1 saturated carbocycles. The molecule has 3 unspecified atom stereocenters. The van der Waals surface area contributed by atoms with E-state index < -0.39 is 0 Å². The van der Waals surface area contributed by atoms with Crippen molar-refractivity contribution in [2.24, 2.45) is 10.9 Å². The Hall–Kier alpha value is 0.170. The highest BCUT2D eigenvalue weighted by atomic mass is 32.2. The first-order valence-electron chi connectivity index (χ1n) is 6.79. The van der Waals surface area contributed by atoms with E-state index in [0.29, 0.717) is 18.0 Å². The van der Waals surface area contributed by atoms with E-state index in [9.17, 15) is 0 Å². The van der Waals surface area contributed by atoms with Crippen LogP contribution in [0.15, 0.2) is 4.99 Å². The van der Waals surface area contributed by atoms with Crippen molar-refractivity contribution in [3.63, 3.8) is 0 Å². The van der Waals surface area contributed by atoms with Crippen molar-refractivity contribution >= 4 is 28.7 Å². The Labute approximate surface area is 114 Å². The van der Waals surface area contributed by atoms with Gasteiger partial charge in [-0.3, -0.25) is 4.99 Å². The van der Waals surface area contributed by atoms with Crippen LogP contribution in [0, 0.1) is 5.92 Å². The van der Waals surface area contributed by atoms with E-state index in [1.807, 2.05) is 11.8 Å². The Kier molecular flexibility index (Phi) is 5.10. The van der Waals surface area contributed by atoms with Crippen LogP contribution in [0.1, 0.15) is 40.0 Å². The summed E-state index contributed by atoms with van der Waals surface area (Å²) in [5.74, 6) is 3.07. The Balaban J connectivity index is 1.86. The first-order chi connectivity index (χ1) is 8.20. The Morgan fingerprint density at radius 3 is 2.94 bits per heavy atom. The molecule has 0 amide bonds. The van der Waals surface area contributed by atoms with Crippen LogP contribution in [0.2, 0.25) is 0 Å². The number of nitrogens with zero attached hydrogens (tertiary/aromatic N) is 1. The van der Waals surface area contributed by atoms with Gasteiger partial charge < -0.3 is 5.32 Å². The average molecular weight is 272 g/mol. The number of thioether (sulfide) groups is 2. The van der Waals surface area contributed by atoms with Gasteiger partial charge in [-0.15, -0.1) is 0 Å². The van der Waals surface area contributed by atoms with Gasteiger partial charge >= 0.3 is 0 Å². The Morgan fingerprint density at radius 1 is 1.47 bits per heavy atom. The molecule has 3 atom stereocenters. The molecule has 2 nitrogen and oxygen atoms in total. The molecule has 2 aliphatic rings. The molecular formula is C13H24N2S2. The highest BCUT2D eigenvalue weighted by molar-refractivity contribution is 8.14. The summed E-state index contributed by atoms with van der Waals surface area (Å²) in [6.45, 7) is 6.79. The lowest BCUT2D eigenvalue weighted by Crippen LogP contribution is -2.37. The Morgan fingerprint density at radius 2 is 2.29 bits per heavy atom. The predicted octanol–water partition coefficient (Wildman–Crippen LogP) is 3.38. The topological polar surface area (TPSA) is 24.4 Å². The van der Waals surface area contributed by atoms with Crippen molar-refractivity contribution in [2.45, 2.75) is 57.4 Å². The van der Waals surface area contributed by atoms with Crippen molar-refractivity contribution in [3.05, 3.63) is 0 Å². The average Bonchev–Trinajstić information content (AvgIpc) is 2.90. The number of amidine groups is 1. The van der Waals surface area contributed by atoms with Crippen LogP contribution in [-0.4, -0.2) is 34.0 Å². The van der Waals surface area contributed by atoms with E-state index in [0.717, 1.165) is 11.0 Å². The van der Waals surface area contributed by atoms with E-state index in [4.69, 9.17) is 4.99 Å². The fraction of sp³-hybridized carbons (Fsp3) is 0.923. The van der Waals surface area contributed by atoms with E-state index in [1.54, 1.807) is 0 Å². The smallest absolute Gasteiger partial charge is 0.157 e. The van der Waals surface area contributed by atoms with Crippen LogP contribution in [-0.2, 0) is 0 Å². The zero-order chi connectivity index (χ0) is 12.3. The summed E-state index contributed by atoms with van der Waals surface area (Å²) in [6, 6.07) is 1.19. The maximum atomic E-state index is 4.80. The fourth-order valence-corrected chi connectivity index (χ4v) is 4.90. The number of nitrogens with one attached hydrogen (secondary N) is 1. The first kappa shape index (κ1) is 13.6. The van der Waals surface area contributed by atoms with Gasteiger partial charge in [-0.2, -0.15) is 11.8 Å². The highest BCUT2D eigenvalue weighted by Crippen LogP contribution is 2.31. The zero-order valence-electron chi connectivity index (χ0n) is 11.1. The lowest BCUT2D eigenvalue weighted by molar-refractivity contribution is 0.540. The molecule has 98 valence electrons. The normalized spacial score (nSPS) is 33.2. The van der Waals surface area contributed by atoms with Crippen molar-refractivity contribution in [1.29, 1.82) is 0 Å². The summed E-state index contributed by atoms with van der Waals surface area (Å²) in [5.41, 5.74) is 0. The van der Waals surface area contributed by atoms with E-state index >= 15 is 0 Å². The molecule has 0 aromatic heterocycles. The number of aliphatic imine (C=N–C) groups is 1. The van der Waals surface area contributed by atoms with Crippen LogP contribution in [0.5, 0.6) is 0 Å². The number of hydrogen-bond donors (Lipinski definition) is 1. The van der Waals surface area contributed by atoms with Crippen LogP contribution < -0.4 is 5.32 Å². The van der Waals surface area contributed by atoms with Crippen LogP contribution in [0.4, 0.5) is 0 Å². The second kappa shape index (κ2) is 6.37. The van der Waals surface area contributed by atoms with Crippen molar-refractivity contribution in [2.75, 3.05) is 11.5 Å². The molecule has 4 heteroatoms. The van der Waals surface area contributed by atoms with Gasteiger partial charge in [-0.1, -0.05) is 39.0 Å². The largest absolute Gasteiger partial charge is 0.361 e. The quantitative estimate of drug-likeness (QED) is 0.849. The number of rotatable bonds is 4. The lowest BCUT2D eigenvalue weighted by Gasteiger charge is -2.20. The summed E-state index contributed by atoms with van der Waals surface area (Å²) < 4.78 is 0. The summed E-state index contributed by atoms with van der Waals surface area (Å²) in [6.07, 6.45) is 4.08. The van der Waals surface area contributed by atoms with E-state index in [2.05, 4.69) is 37.8 Å². The number of hydrogen-bond acceptors (Lipinski definition) is 4. The molecule has 0 aromatic rings. The maximum Gasteiger partial charge on any atom is 0.157 e. The van der Waals surface area contributed by atoms with Crippen LogP contribution >= 0.6 is 23.5 Å². The first-order valence-corrected chi connectivity index (χ1v) is 8.83. The molecule has 0 spiro atoms. The zero-order valence-corrected chi connectivity index (χ0v) is 12.7. The molecule has 0 aromatic carbocycles. The molecule has 17 heavy (non-hydrogen) atoms. The minimum absolute atomic E-state index is 0.529. The molecular weight excluding hydrogens is 248 g/mol. The predicted molar refractivity (Wildman–Crippen MR) is 81.2 cm³/mol. The maximum absolute atomic E-state index is 4.80. The van der Waals surface area contributed by atoms with Gasteiger partial charge in [-0.05, 0) is 24.5 Å². The molecule has 1 fully saturated rings. The van der Waals surface area contributed by atoms with Gasteiger partial charge in [-0.25, -0.2) is 0 Å². The second-order valence-corrected chi connectivity index (χ2v) is 7.76. The van der Waals surface area contributed by atoms with Gasteiger partial charge in [0.2, 0.25) is 0 Å². The molecule has 2 rings (SSSR count). The summed E-state index contributed by atoms with van der Waals surface area (Å²) in [4.78, 5) is 4.80. The summed E-state index contributed by atoms with van der Waals surface area (Å²) in [5, 5.41) is 5.70. The third-order valence-electron chi connectivity index (χ3n) is 3.59. The Bertz CT molecular complexity index is 279. The standard InChI is InChI=1S/C13H24N2S2/c1-4-16-12-7-5-6-10(12)14-13-15-11(8-17-13)9(2)3/h9-12H,4-8H2,1-3H3,(H,14,15).